The summed E-state index contributed by atoms with van der Waals surface area (Å²) in [5.41, 5.74) is 1.26. The minimum absolute atomic E-state index is 0.0335. The van der Waals surface area contributed by atoms with E-state index in [-0.39, 0.29) is 19.0 Å². The van der Waals surface area contributed by atoms with Gasteiger partial charge in [-0.05, 0) is 43.0 Å². The highest BCUT2D eigenvalue weighted by Gasteiger charge is 2.24. The number of fused-ring (bicyclic) bond motifs is 3. The summed E-state index contributed by atoms with van der Waals surface area (Å²) in [6.45, 7) is 2.61. The second-order valence-corrected chi connectivity index (χ2v) is 8.83. The van der Waals surface area contributed by atoms with Crippen molar-refractivity contribution >= 4 is 39.1 Å². The molecule has 0 amide bonds. The Hall–Kier alpha value is -2.58. The predicted octanol–water partition coefficient (Wildman–Crippen LogP) is 4.23. The van der Waals surface area contributed by atoms with E-state index in [1.54, 1.807) is 23.6 Å². The first-order valence-electron chi connectivity index (χ1n) is 9.81. The van der Waals surface area contributed by atoms with Crippen molar-refractivity contribution in [1.82, 2.24) is 9.55 Å². The molecule has 30 heavy (non-hydrogen) atoms. The van der Waals surface area contributed by atoms with Crippen molar-refractivity contribution in [2.75, 3.05) is 6.79 Å². The van der Waals surface area contributed by atoms with E-state index in [1.807, 2.05) is 0 Å². The molecule has 9 heteroatoms. The van der Waals surface area contributed by atoms with E-state index in [0.717, 1.165) is 31.5 Å². The molecule has 0 aliphatic carbocycles. The van der Waals surface area contributed by atoms with Gasteiger partial charge >= 0.3 is 5.97 Å². The summed E-state index contributed by atoms with van der Waals surface area (Å²) in [7, 11) is 0. The van der Waals surface area contributed by atoms with Crippen LogP contribution in [0.4, 0.5) is 0 Å². The molecular formula is C21H19ClN2O5S. The Bertz CT molecular complexity index is 1230. The number of aryl methyl sites for hydroxylation is 2. The molecule has 0 unspecified atom stereocenters. The van der Waals surface area contributed by atoms with Gasteiger partial charge in [0.05, 0.1) is 10.4 Å². The highest BCUT2D eigenvalue weighted by Crippen LogP contribution is 2.40. The lowest BCUT2D eigenvalue weighted by atomic mass is 10.2. The topological polar surface area (TPSA) is 79.7 Å². The van der Waals surface area contributed by atoms with Crippen molar-refractivity contribution in [2.45, 2.75) is 45.8 Å². The molecule has 2 aliphatic heterocycles. The Morgan fingerprint density at radius 2 is 2.17 bits per heavy atom. The van der Waals surface area contributed by atoms with E-state index in [9.17, 15) is 9.59 Å². The van der Waals surface area contributed by atoms with Gasteiger partial charge in [-0.3, -0.25) is 9.36 Å². The molecule has 7 nitrogen and oxygen atoms in total. The molecule has 0 saturated carbocycles. The van der Waals surface area contributed by atoms with Crippen LogP contribution in [-0.2, 0) is 24.3 Å². The Morgan fingerprint density at radius 1 is 1.30 bits per heavy atom. The number of esters is 1. The predicted molar refractivity (Wildman–Crippen MR) is 113 cm³/mol. The fraction of sp³-hybridized carbons (Fsp3) is 0.381. The van der Waals surface area contributed by atoms with Crippen molar-refractivity contribution in [3.63, 3.8) is 0 Å². The zero-order valence-corrected chi connectivity index (χ0v) is 17.9. The number of nitrogens with zero attached hydrogens (tertiary/aromatic N) is 2. The summed E-state index contributed by atoms with van der Waals surface area (Å²) in [4.78, 5) is 31.5. The number of rotatable bonds is 3. The summed E-state index contributed by atoms with van der Waals surface area (Å²) < 4.78 is 17.9. The molecule has 0 N–H and O–H groups in total. The monoisotopic (exact) mass is 446 g/mol. The number of ether oxygens (including phenoxy) is 3. The third-order valence-electron chi connectivity index (χ3n) is 5.45. The van der Waals surface area contributed by atoms with Crippen LogP contribution in [0.25, 0.3) is 10.2 Å². The minimum atomic E-state index is -0.483. The van der Waals surface area contributed by atoms with Gasteiger partial charge in [0.25, 0.3) is 5.56 Å². The first kappa shape index (κ1) is 19.4. The maximum Gasteiger partial charge on any atom is 0.349 e. The third kappa shape index (κ3) is 3.24. The van der Waals surface area contributed by atoms with Crippen LogP contribution in [0.5, 0.6) is 11.5 Å². The smallest absolute Gasteiger partial charge is 0.349 e. The fourth-order valence-electron chi connectivity index (χ4n) is 3.92. The first-order chi connectivity index (χ1) is 14.5. The van der Waals surface area contributed by atoms with Gasteiger partial charge < -0.3 is 14.2 Å². The standard InChI is InChI=1S/C21H19ClN2O5S/c1-11-16-19(23-15-5-3-2-4-6-24(15)20(16)25)30-18(11)21(26)27-9-12-7-13(22)17-14(8-12)28-10-29-17/h7-8H,2-6,9-10H2,1H3. The molecule has 2 aliphatic rings. The second kappa shape index (κ2) is 7.59. The third-order valence-corrected chi connectivity index (χ3v) is 6.90. The molecule has 0 spiro atoms. The highest BCUT2D eigenvalue weighted by atomic mass is 35.5. The van der Waals surface area contributed by atoms with Crippen LogP contribution < -0.4 is 15.0 Å². The number of carbonyl (C=O) groups is 1. The Morgan fingerprint density at radius 3 is 3.03 bits per heavy atom. The zero-order chi connectivity index (χ0) is 20.8. The summed E-state index contributed by atoms with van der Waals surface area (Å²) in [5.74, 6) is 1.36. The molecule has 3 aromatic rings. The molecule has 0 saturated heterocycles. The lowest BCUT2D eigenvalue weighted by molar-refractivity contribution is 0.0477. The number of benzene rings is 1. The van der Waals surface area contributed by atoms with Gasteiger partial charge in [0, 0.05) is 13.0 Å². The molecule has 5 rings (SSSR count). The van der Waals surface area contributed by atoms with Gasteiger partial charge in [0.15, 0.2) is 11.5 Å². The van der Waals surface area contributed by atoms with Crippen molar-refractivity contribution in [2.24, 2.45) is 0 Å². The average Bonchev–Trinajstić information content (AvgIpc) is 3.24. The van der Waals surface area contributed by atoms with Gasteiger partial charge in [-0.1, -0.05) is 18.0 Å². The van der Waals surface area contributed by atoms with Crippen LogP contribution in [0.3, 0.4) is 0 Å². The average molecular weight is 447 g/mol. The zero-order valence-electron chi connectivity index (χ0n) is 16.3. The fourth-order valence-corrected chi connectivity index (χ4v) is 5.30. The van der Waals surface area contributed by atoms with Gasteiger partial charge in [0.1, 0.15) is 22.1 Å². The Balaban J connectivity index is 1.43. The van der Waals surface area contributed by atoms with E-state index in [0.29, 0.717) is 49.3 Å². The minimum Gasteiger partial charge on any atom is -0.457 e. The molecule has 0 radical (unpaired) electrons. The molecule has 0 bridgehead atoms. The van der Waals surface area contributed by atoms with Gasteiger partial charge in [-0.2, -0.15) is 0 Å². The maximum absolute atomic E-state index is 13.0. The number of aromatic nitrogens is 2. The van der Waals surface area contributed by atoms with Crippen LogP contribution in [0.1, 0.15) is 45.9 Å². The summed E-state index contributed by atoms with van der Waals surface area (Å²) in [6, 6.07) is 3.43. The van der Waals surface area contributed by atoms with Crippen molar-refractivity contribution in [3.8, 4) is 11.5 Å². The molecule has 0 atom stereocenters. The summed E-state index contributed by atoms with van der Waals surface area (Å²) >= 11 is 7.40. The molecule has 0 fully saturated rings. The van der Waals surface area contributed by atoms with Crippen molar-refractivity contribution in [3.05, 3.63) is 49.3 Å². The summed E-state index contributed by atoms with van der Waals surface area (Å²) in [6.07, 6.45) is 3.87. The van der Waals surface area contributed by atoms with Crippen LogP contribution >= 0.6 is 22.9 Å². The number of hydrogen-bond donors (Lipinski definition) is 0. The first-order valence-corrected chi connectivity index (χ1v) is 11.0. The Kier molecular flexibility index (Phi) is 4.91. The largest absolute Gasteiger partial charge is 0.457 e. The van der Waals surface area contributed by atoms with E-state index in [2.05, 4.69) is 0 Å². The number of hydrogen-bond acceptors (Lipinski definition) is 7. The van der Waals surface area contributed by atoms with Crippen LogP contribution in [-0.4, -0.2) is 22.3 Å². The van der Waals surface area contributed by atoms with Gasteiger partial charge in [0.2, 0.25) is 6.79 Å². The van der Waals surface area contributed by atoms with E-state index in [1.165, 1.54) is 11.3 Å². The lowest BCUT2D eigenvalue weighted by Crippen LogP contribution is -2.24. The van der Waals surface area contributed by atoms with Gasteiger partial charge in [-0.15, -0.1) is 11.3 Å². The quantitative estimate of drug-likeness (QED) is 0.560. The molecule has 156 valence electrons. The molecular weight excluding hydrogens is 428 g/mol. The molecule has 4 heterocycles. The normalized spacial score (nSPS) is 15.1. The number of thiophene rings is 1. The molecule has 2 aromatic heterocycles. The van der Waals surface area contributed by atoms with E-state index >= 15 is 0 Å². The van der Waals surface area contributed by atoms with Gasteiger partial charge in [-0.25, -0.2) is 9.78 Å². The maximum atomic E-state index is 13.0. The van der Waals surface area contributed by atoms with Crippen LogP contribution in [0, 0.1) is 6.92 Å². The van der Waals surface area contributed by atoms with E-state index in [4.69, 9.17) is 30.8 Å². The van der Waals surface area contributed by atoms with Crippen molar-refractivity contribution in [1.29, 1.82) is 0 Å². The van der Waals surface area contributed by atoms with E-state index < -0.39 is 5.97 Å². The Labute approximate surface area is 181 Å². The number of halogens is 1. The molecule has 1 aromatic carbocycles. The van der Waals surface area contributed by atoms with Crippen LogP contribution in [0.2, 0.25) is 5.02 Å². The lowest BCUT2D eigenvalue weighted by Gasteiger charge is -2.08. The SMILES string of the molecule is Cc1c(C(=O)OCc2cc(Cl)c3c(c2)OCO3)sc2nc3n(c(=O)c12)CCCCC3. The van der Waals surface area contributed by atoms with Crippen LogP contribution in [0.15, 0.2) is 16.9 Å². The summed E-state index contributed by atoms with van der Waals surface area (Å²) in [5, 5.41) is 0.927. The highest BCUT2D eigenvalue weighted by molar-refractivity contribution is 7.20. The number of carbonyl (C=O) groups excluding carboxylic acids is 1. The van der Waals surface area contributed by atoms with Crippen molar-refractivity contribution < 1.29 is 19.0 Å². The second-order valence-electron chi connectivity index (χ2n) is 7.42.